The van der Waals surface area contributed by atoms with Crippen molar-refractivity contribution in [1.29, 1.82) is 0 Å². The molecule has 0 saturated heterocycles. The second kappa shape index (κ2) is 3.29. The molecular formula is C6H10O7. The van der Waals surface area contributed by atoms with Crippen molar-refractivity contribution >= 4 is 11.9 Å². The van der Waals surface area contributed by atoms with Gasteiger partial charge in [0.2, 0.25) is 0 Å². The zero-order valence-electron chi connectivity index (χ0n) is 6.76. The van der Waals surface area contributed by atoms with Gasteiger partial charge in [0.05, 0.1) is 6.42 Å². The van der Waals surface area contributed by atoms with Crippen molar-refractivity contribution in [3.05, 3.63) is 0 Å². The van der Waals surface area contributed by atoms with Gasteiger partial charge < -0.3 is 25.5 Å². The Balaban J connectivity index is 4.61. The Morgan fingerprint density at radius 3 is 1.69 bits per heavy atom. The molecule has 7 heteroatoms. The molecule has 0 spiro atoms. The first-order valence-electron chi connectivity index (χ1n) is 3.23. The fourth-order valence-electron chi connectivity index (χ4n) is 0.631. The monoisotopic (exact) mass is 194 g/mol. The molecular weight excluding hydrogens is 184 g/mol. The first-order valence-corrected chi connectivity index (χ1v) is 3.23. The van der Waals surface area contributed by atoms with Gasteiger partial charge in [-0.1, -0.05) is 0 Å². The third kappa shape index (κ3) is 2.98. The van der Waals surface area contributed by atoms with Crippen LogP contribution >= 0.6 is 0 Å². The predicted molar refractivity (Wildman–Crippen MR) is 37.7 cm³/mol. The molecule has 7 nitrogen and oxygen atoms in total. The summed E-state index contributed by atoms with van der Waals surface area (Å²) < 4.78 is 0. The van der Waals surface area contributed by atoms with E-state index in [0.29, 0.717) is 0 Å². The largest absolute Gasteiger partial charge is 0.479 e. The first kappa shape index (κ1) is 11.8. The molecule has 0 saturated carbocycles. The van der Waals surface area contributed by atoms with Gasteiger partial charge in [0.1, 0.15) is 0 Å². The van der Waals surface area contributed by atoms with E-state index in [4.69, 9.17) is 25.5 Å². The van der Waals surface area contributed by atoms with E-state index < -0.39 is 29.7 Å². The lowest BCUT2D eigenvalue weighted by molar-refractivity contribution is -0.221. The van der Waals surface area contributed by atoms with E-state index in [1.54, 1.807) is 0 Å². The number of aliphatic hydroxyl groups is 3. The lowest BCUT2D eigenvalue weighted by atomic mass is 9.96. The minimum absolute atomic E-state index is 0.763. The van der Waals surface area contributed by atoms with E-state index >= 15 is 0 Å². The smallest absolute Gasteiger partial charge is 0.364 e. The fraction of sp³-hybridized carbons (Fsp3) is 0.667. The molecule has 13 heavy (non-hydrogen) atoms. The van der Waals surface area contributed by atoms with Crippen molar-refractivity contribution in [2.75, 3.05) is 0 Å². The second-order valence-electron chi connectivity index (χ2n) is 2.88. The molecule has 0 radical (unpaired) electrons. The van der Waals surface area contributed by atoms with E-state index in [1.807, 2.05) is 0 Å². The summed E-state index contributed by atoms with van der Waals surface area (Å²) in [7, 11) is 0. The van der Waals surface area contributed by atoms with Crippen molar-refractivity contribution in [3.63, 3.8) is 0 Å². The lowest BCUT2D eigenvalue weighted by Crippen LogP contribution is -2.49. The lowest BCUT2D eigenvalue weighted by Gasteiger charge is -2.24. The summed E-state index contributed by atoms with van der Waals surface area (Å²) >= 11 is 0. The Bertz CT molecular complexity index is 205. The highest BCUT2D eigenvalue weighted by Crippen LogP contribution is 2.18. The molecule has 0 aliphatic heterocycles. The Morgan fingerprint density at radius 2 is 1.46 bits per heavy atom. The third-order valence-corrected chi connectivity index (χ3v) is 1.39. The highest BCUT2D eigenvalue weighted by Gasteiger charge is 2.44. The SMILES string of the molecule is CC(O)(CC(O)(O)C(=O)O)C(=O)O. The fourth-order valence-corrected chi connectivity index (χ4v) is 0.631. The molecule has 1 unspecified atom stereocenters. The average molecular weight is 194 g/mol. The summed E-state index contributed by atoms with van der Waals surface area (Å²) in [6.45, 7) is 0.763. The molecule has 0 aliphatic rings. The van der Waals surface area contributed by atoms with E-state index in [1.165, 1.54) is 0 Å². The Morgan fingerprint density at radius 1 is 1.08 bits per heavy atom. The van der Waals surface area contributed by atoms with Crippen molar-refractivity contribution in [3.8, 4) is 0 Å². The number of carbonyl (C=O) groups is 2. The summed E-state index contributed by atoms with van der Waals surface area (Å²) in [6.07, 6.45) is -1.22. The molecule has 0 aromatic rings. The summed E-state index contributed by atoms with van der Waals surface area (Å²) in [5.74, 6) is -7.00. The topological polar surface area (TPSA) is 135 Å². The second-order valence-corrected chi connectivity index (χ2v) is 2.88. The van der Waals surface area contributed by atoms with E-state index in [0.717, 1.165) is 6.92 Å². The van der Waals surface area contributed by atoms with Gasteiger partial charge in [-0.15, -0.1) is 0 Å². The molecule has 0 aromatic heterocycles. The number of carboxylic acid groups (broad SMARTS) is 2. The predicted octanol–water partition coefficient (Wildman–Crippen LogP) is -2.02. The van der Waals surface area contributed by atoms with Gasteiger partial charge in [-0.05, 0) is 6.92 Å². The number of carboxylic acids is 2. The molecule has 0 bridgehead atoms. The highest BCUT2D eigenvalue weighted by molar-refractivity contribution is 5.80. The van der Waals surface area contributed by atoms with Gasteiger partial charge in [-0.2, -0.15) is 0 Å². The molecule has 0 amide bonds. The zero-order chi connectivity index (χ0) is 10.9. The maximum absolute atomic E-state index is 10.3. The van der Waals surface area contributed by atoms with Crippen LogP contribution in [0.1, 0.15) is 13.3 Å². The number of aliphatic carboxylic acids is 2. The van der Waals surface area contributed by atoms with Crippen molar-refractivity contribution in [1.82, 2.24) is 0 Å². The van der Waals surface area contributed by atoms with Crippen LogP contribution in [-0.4, -0.2) is 48.9 Å². The quantitative estimate of drug-likeness (QED) is 0.326. The van der Waals surface area contributed by atoms with Gasteiger partial charge in [0, 0.05) is 0 Å². The van der Waals surface area contributed by atoms with Gasteiger partial charge in [0.25, 0.3) is 5.79 Å². The van der Waals surface area contributed by atoms with Crippen LogP contribution in [0.4, 0.5) is 0 Å². The van der Waals surface area contributed by atoms with Crippen LogP contribution in [0.2, 0.25) is 0 Å². The highest BCUT2D eigenvalue weighted by atomic mass is 16.5. The van der Waals surface area contributed by atoms with Crippen LogP contribution in [0.15, 0.2) is 0 Å². The van der Waals surface area contributed by atoms with Gasteiger partial charge in [-0.3, -0.25) is 0 Å². The van der Waals surface area contributed by atoms with Crippen molar-refractivity contribution < 1.29 is 35.1 Å². The molecule has 1 atom stereocenters. The molecule has 5 N–H and O–H groups in total. The van der Waals surface area contributed by atoms with Crippen LogP contribution < -0.4 is 0 Å². The van der Waals surface area contributed by atoms with Gasteiger partial charge in [0.15, 0.2) is 5.60 Å². The van der Waals surface area contributed by atoms with Gasteiger partial charge >= 0.3 is 11.9 Å². The van der Waals surface area contributed by atoms with E-state index in [-0.39, 0.29) is 0 Å². The molecule has 0 heterocycles. The number of hydrogen-bond acceptors (Lipinski definition) is 5. The average Bonchev–Trinajstić information content (AvgIpc) is 1.83. The molecule has 0 rings (SSSR count). The van der Waals surface area contributed by atoms with Crippen molar-refractivity contribution in [2.24, 2.45) is 0 Å². The summed E-state index contributed by atoms with van der Waals surface area (Å²) in [6, 6.07) is 0. The van der Waals surface area contributed by atoms with Crippen molar-refractivity contribution in [2.45, 2.75) is 24.7 Å². The summed E-state index contributed by atoms with van der Waals surface area (Å²) in [5, 5.41) is 42.9. The first-order chi connectivity index (χ1) is 5.59. The number of rotatable bonds is 4. The maximum atomic E-state index is 10.3. The van der Waals surface area contributed by atoms with Crippen LogP contribution in [0.3, 0.4) is 0 Å². The summed E-state index contributed by atoms with van der Waals surface area (Å²) in [5.41, 5.74) is -2.50. The van der Waals surface area contributed by atoms with E-state index in [2.05, 4.69) is 0 Å². The van der Waals surface area contributed by atoms with Gasteiger partial charge in [-0.25, -0.2) is 9.59 Å². The minimum Gasteiger partial charge on any atom is -0.479 e. The Hall–Kier alpha value is -1.18. The standard InChI is InChI=1S/C6H10O7/c1-5(11,3(7)8)2-6(12,13)4(9)10/h11-13H,2H2,1H3,(H,7,8)(H,9,10). The normalized spacial score (nSPS) is 16.3. The molecule has 0 aromatic carbocycles. The van der Waals surface area contributed by atoms with Crippen LogP contribution in [0, 0.1) is 0 Å². The molecule has 0 fully saturated rings. The summed E-state index contributed by atoms with van der Waals surface area (Å²) in [4.78, 5) is 20.4. The van der Waals surface area contributed by atoms with E-state index in [9.17, 15) is 9.59 Å². The Kier molecular flexibility index (Phi) is 2.99. The molecule has 76 valence electrons. The minimum atomic E-state index is -3.25. The molecule has 0 aliphatic carbocycles. The maximum Gasteiger partial charge on any atom is 0.364 e. The zero-order valence-corrected chi connectivity index (χ0v) is 6.76. The van der Waals surface area contributed by atoms with Crippen LogP contribution in [-0.2, 0) is 9.59 Å². The van der Waals surface area contributed by atoms with Crippen LogP contribution in [0.25, 0.3) is 0 Å². The third-order valence-electron chi connectivity index (χ3n) is 1.39. The van der Waals surface area contributed by atoms with Crippen LogP contribution in [0.5, 0.6) is 0 Å². The Labute approximate surface area is 72.9 Å². The number of hydrogen-bond donors (Lipinski definition) is 5.